The lowest BCUT2D eigenvalue weighted by molar-refractivity contribution is 0.324. The molecular formula is C24H14O5. The normalized spacial score (nSPS) is 12.6. The summed E-state index contributed by atoms with van der Waals surface area (Å²) in [5.74, 6) is 5.87. The fraction of sp³-hybridized carbons (Fsp3) is 0. The molecule has 5 nitrogen and oxygen atoms in total. The van der Waals surface area contributed by atoms with Crippen LogP contribution in [0.15, 0.2) is 84.9 Å². The summed E-state index contributed by atoms with van der Waals surface area (Å²) in [4.78, 5) is 0. The van der Waals surface area contributed by atoms with Gasteiger partial charge in [-0.2, -0.15) is 0 Å². The van der Waals surface area contributed by atoms with Crippen LogP contribution in [0.3, 0.4) is 0 Å². The highest BCUT2D eigenvalue weighted by atomic mass is 16.6. The Bertz CT molecular complexity index is 1150. The van der Waals surface area contributed by atoms with Crippen molar-refractivity contribution in [1.29, 1.82) is 0 Å². The van der Waals surface area contributed by atoms with E-state index in [-0.39, 0.29) is 0 Å². The summed E-state index contributed by atoms with van der Waals surface area (Å²) in [5.41, 5.74) is 0. The molecule has 6 rings (SSSR count). The van der Waals surface area contributed by atoms with Crippen LogP contribution in [0.4, 0.5) is 0 Å². The van der Waals surface area contributed by atoms with Crippen LogP contribution >= 0.6 is 0 Å². The maximum absolute atomic E-state index is 6.20. The predicted molar refractivity (Wildman–Crippen MR) is 106 cm³/mol. The average molecular weight is 382 g/mol. The van der Waals surface area contributed by atoms with Crippen LogP contribution in [0.2, 0.25) is 0 Å². The fourth-order valence-corrected chi connectivity index (χ4v) is 3.33. The van der Waals surface area contributed by atoms with Gasteiger partial charge in [0.05, 0.1) is 0 Å². The van der Waals surface area contributed by atoms with Gasteiger partial charge >= 0.3 is 0 Å². The van der Waals surface area contributed by atoms with E-state index in [0.29, 0.717) is 57.5 Å². The Kier molecular flexibility index (Phi) is 3.40. The summed E-state index contributed by atoms with van der Waals surface area (Å²) in [6.45, 7) is 0. The van der Waals surface area contributed by atoms with Crippen molar-refractivity contribution < 1.29 is 23.7 Å². The van der Waals surface area contributed by atoms with Gasteiger partial charge in [0, 0.05) is 0 Å². The number of hydrogen-bond acceptors (Lipinski definition) is 5. The first-order chi connectivity index (χ1) is 14.3. The molecule has 0 amide bonds. The van der Waals surface area contributed by atoms with E-state index in [1.807, 2.05) is 84.9 Å². The molecular weight excluding hydrogens is 368 g/mol. The zero-order valence-corrected chi connectivity index (χ0v) is 15.1. The number of rotatable bonds is 2. The zero-order chi connectivity index (χ0) is 19.2. The van der Waals surface area contributed by atoms with Crippen molar-refractivity contribution in [3.05, 3.63) is 84.9 Å². The molecule has 0 radical (unpaired) electrons. The molecule has 0 saturated carbocycles. The summed E-state index contributed by atoms with van der Waals surface area (Å²) < 4.78 is 30.2. The van der Waals surface area contributed by atoms with Crippen LogP contribution in [0, 0.1) is 0 Å². The zero-order valence-electron chi connectivity index (χ0n) is 15.1. The predicted octanol–water partition coefficient (Wildman–Crippen LogP) is 7.27. The molecule has 0 aliphatic carbocycles. The highest BCUT2D eigenvalue weighted by Gasteiger charge is 2.26. The second-order valence-corrected chi connectivity index (χ2v) is 6.57. The lowest BCUT2D eigenvalue weighted by Crippen LogP contribution is -2.02. The first-order valence-electron chi connectivity index (χ1n) is 9.18. The first-order valence-corrected chi connectivity index (χ1v) is 9.18. The maximum atomic E-state index is 6.20. The Labute approximate surface area is 166 Å². The lowest BCUT2D eigenvalue weighted by Gasteiger charge is -2.24. The molecule has 2 heterocycles. The van der Waals surface area contributed by atoms with Crippen molar-refractivity contribution in [3.8, 4) is 57.5 Å². The molecule has 0 unspecified atom stereocenters. The second kappa shape index (κ2) is 6.21. The molecule has 5 heteroatoms. The Balaban J connectivity index is 1.38. The molecule has 0 saturated heterocycles. The number of ether oxygens (including phenoxy) is 5. The summed E-state index contributed by atoms with van der Waals surface area (Å²) in [6, 6.07) is 26.1. The molecule has 2 aliphatic heterocycles. The largest absolute Gasteiger partial charge is 0.449 e. The monoisotopic (exact) mass is 382 g/mol. The molecule has 0 fully saturated rings. The van der Waals surface area contributed by atoms with Crippen LogP contribution in [-0.4, -0.2) is 0 Å². The van der Waals surface area contributed by atoms with Crippen molar-refractivity contribution in [2.24, 2.45) is 0 Å². The SMILES string of the molecule is c1ccc2c(c1)Oc1cccc(Oc3cccc4c3Oc3ccccc3O4)c1O2. The minimum atomic E-state index is 0.515. The fourth-order valence-electron chi connectivity index (χ4n) is 3.33. The third kappa shape index (κ3) is 2.63. The van der Waals surface area contributed by atoms with E-state index in [0.717, 1.165) is 0 Å². The van der Waals surface area contributed by atoms with E-state index < -0.39 is 0 Å². The van der Waals surface area contributed by atoms with Crippen LogP contribution in [0.1, 0.15) is 0 Å². The minimum Gasteiger partial charge on any atom is -0.449 e. The molecule has 0 spiro atoms. The van der Waals surface area contributed by atoms with E-state index >= 15 is 0 Å². The van der Waals surface area contributed by atoms with Gasteiger partial charge in [0.1, 0.15) is 0 Å². The third-order valence-electron chi connectivity index (χ3n) is 4.67. The van der Waals surface area contributed by atoms with E-state index in [2.05, 4.69) is 0 Å². The van der Waals surface area contributed by atoms with Crippen LogP contribution in [0.5, 0.6) is 57.5 Å². The number of fused-ring (bicyclic) bond motifs is 4. The van der Waals surface area contributed by atoms with Crippen molar-refractivity contribution in [1.82, 2.24) is 0 Å². The highest BCUT2D eigenvalue weighted by Crippen LogP contribution is 2.53. The van der Waals surface area contributed by atoms with Gasteiger partial charge in [-0.1, -0.05) is 36.4 Å². The third-order valence-corrected chi connectivity index (χ3v) is 4.67. The Hall–Kier alpha value is -4.12. The second-order valence-electron chi connectivity index (χ2n) is 6.57. The van der Waals surface area contributed by atoms with Crippen molar-refractivity contribution in [2.75, 3.05) is 0 Å². The van der Waals surface area contributed by atoms with E-state index in [4.69, 9.17) is 23.7 Å². The van der Waals surface area contributed by atoms with Gasteiger partial charge < -0.3 is 23.7 Å². The molecule has 0 N–H and O–H groups in total. The highest BCUT2D eigenvalue weighted by molar-refractivity contribution is 5.64. The van der Waals surface area contributed by atoms with Gasteiger partial charge in [-0.25, -0.2) is 0 Å². The van der Waals surface area contributed by atoms with E-state index in [1.54, 1.807) is 0 Å². The summed E-state index contributed by atoms with van der Waals surface area (Å²) in [6.07, 6.45) is 0. The van der Waals surface area contributed by atoms with Crippen LogP contribution in [0.25, 0.3) is 0 Å². The van der Waals surface area contributed by atoms with Gasteiger partial charge in [0.25, 0.3) is 0 Å². The number of benzene rings is 4. The van der Waals surface area contributed by atoms with Crippen molar-refractivity contribution in [3.63, 3.8) is 0 Å². The van der Waals surface area contributed by atoms with Crippen molar-refractivity contribution in [2.45, 2.75) is 0 Å². The quantitative estimate of drug-likeness (QED) is 0.315. The van der Waals surface area contributed by atoms with Gasteiger partial charge in [-0.05, 0) is 48.5 Å². The summed E-state index contributed by atoms with van der Waals surface area (Å²) in [7, 11) is 0. The maximum Gasteiger partial charge on any atom is 0.212 e. The number of para-hydroxylation sites is 6. The molecule has 0 atom stereocenters. The standard InChI is InChI=1S/C24H14O5/c1-3-9-17-15(7-1)25-19-11-5-13-21(23(19)28-17)27-22-14-6-12-20-24(22)29-18-10-4-2-8-16(18)26-20/h1-14H. The first kappa shape index (κ1) is 15.9. The average Bonchev–Trinajstić information content (AvgIpc) is 2.77. The topological polar surface area (TPSA) is 46.2 Å². The van der Waals surface area contributed by atoms with E-state index in [1.165, 1.54) is 0 Å². The van der Waals surface area contributed by atoms with Crippen molar-refractivity contribution >= 4 is 0 Å². The molecule has 0 bridgehead atoms. The molecule has 0 aromatic heterocycles. The lowest BCUT2D eigenvalue weighted by atomic mass is 10.2. The molecule has 140 valence electrons. The minimum absolute atomic E-state index is 0.515. The summed E-state index contributed by atoms with van der Waals surface area (Å²) >= 11 is 0. The Morgan fingerprint density at radius 2 is 0.759 bits per heavy atom. The number of hydrogen-bond donors (Lipinski definition) is 0. The molecule has 4 aromatic carbocycles. The van der Waals surface area contributed by atoms with Gasteiger partial charge in [0.15, 0.2) is 46.0 Å². The van der Waals surface area contributed by atoms with Gasteiger partial charge in [-0.15, -0.1) is 0 Å². The Morgan fingerprint density at radius 3 is 1.21 bits per heavy atom. The molecule has 4 aromatic rings. The van der Waals surface area contributed by atoms with Crippen LogP contribution < -0.4 is 23.7 Å². The molecule has 2 aliphatic rings. The van der Waals surface area contributed by atoms with Crippen LogP contribution in [-0.2, 0) is 0 Å². The molecule has 29 heavy (non-hydrogen) atoms. The Morgan fingerprint density at radius 1 is 0.379 bits per heavy atom. The van der Waals surface area contributed by atoms with Gasteiger partial charge in [-0.3, -0.25) is 0 Å². The van der Waals surface area contributed by atoms with Gasteiger partial charge in [0.2, 0.25) is 11.5 Å². The summed E-state index contributed by atoms with van der Waals surface area (Å²) in [5, 5.41) is 0. The van der Waals surface area contributed by atoms with E-state index in [9.17, 15) is 0 Å². The smallest absolute Gasteiger partial charge is 0.212 e.